The van der Waals surface area contributed by atoms with Crippen LogP contribution in [-0.4, -0.2) is 17.7 Å². The quantitative estimate of drug-likeness (QED) is 0.719. The summed E-state index contributed by atoms with van der Waals surface area (Å²) in [6.45, 7) is 9.96. The van der Waals surface area contributed by atoms with Gasteiger partial charge in [0.1, 0.15) is 5.78 Å². The summed E-state index contributed by atoms with van der Waals surface area (Å²) in [5, 5.41) is 3.01. The van der Waals surface area contributed by atoms with E-state index in [4.69, 9.17) is 0 Å². The van der Waals surface area contributed by atoms with Crippen molar-refractivity contribution in [2.45, 2.75) is 58.9 Å². The first-order valence-corrected chi connectivity index (χ1v) is 7.39. The molecule has 1 N–H and O–H groups in total. The van der Waals surface area contributed by atoms with Gasteiger partial charge in [-0.15, -0.1) is 6.58 Å². The van der Waals surface area contributed by atoms with Crippen LogP contribution in [0.3, 0.4) is 0 Å². The van der Waals surface area contributed by atoms with E-state index in [2.05, 4.69) is 25.7 Å². The molecule has 0 aromatic heterocycles. The van der Waals surface area contributed by atoms with E-state index >= 15 is 0 Å². The second kappa shape index (κ2) is 7.46. The summed E-state index contributed by atoms with van der Waals surface area (Å²) in [5.74, 6) is 1.06. The molecule has 1 fully saturated rings. The van der Waals surface area contributed by atoms with Gasteiger partial charge in [-0.1, -0.05) is 26.8 Å². The minimum Gasteiger partial charge on any atom is -0.350 e. The normalized spacial score (nSPS) is 22.3. The van der Waals surface area contributed by atoms with Crippen molar-refractivity contribution in [2.75, 3.05) is 0 Å². The largest absolute Gasteiger partial charge is 0.350 e. The molecule has 0 radical (unpaired) electrons. The van der Waals surface area contributed by atoms with E-state index in [0.29, 0.717) is 24.5 Å². The van der Waals surface area contributed by atoms with Gasteiger partial charge < -0.3 is 5.32 Å². The van der Waals surface area contributed by atoms with Gasteiger partial charge >= 0.3 is 0 Å². The van der Waals surface area contributed by atoms with Gasteiger partial charge in [0, 0.05) is 24.3 Å². The molecular formula is C16H27NO2. The lowest BCUT2D eigenvalue weighted by Crippen LogP contribution is -2.38. The molecule has 108 valence electrons. The summed E-state index contributed by atoms with van der Waals surface area (Å²) in [6, 6.07) is -0.0748. The number of amides is 1. The average Bonchev–Trinajstić information content (AvgIpc) is 2.73. The van der Waals surface area contributed by atoms with Crippen molar-refractivity contribution in [1.29, 1.82) is 0 Å². The Morgan fingerprint density at radius 1 is 1.47 bits per heavy atom. The van der Waals surface area contributed by atoms with Crippen LogP contribution in [0.5, 0.6) is 0 Å². The molecule has 0 spiro atoms. The number of ketones is 1. The molecule has 0 aromatic carbocycles. The zero-order chi connectivity index (χ0) is 14.4. The van der Waals surface area contributed by atoms with E-state index in [1.165, 1.54) is 0 Å². The summed E-state index contributed by atoms with van der Waals surface area (Å²) < 4.78 is 0. The number of carbonyl (C=O) groups excluding carboxylic acids is 2. The van der Waals surface area contributed by atoms with E-state index in [-0.39, 0.29) is 23.8 Å². The molecule has 0 saturated heterocycles. The van der Waals surface area contributed by atoms with Gasteiger partial charge in [-0.25, -0.2) is 0 Å². The second-order valence-electron chi connectivity index (χ2n) is 6.17. The van der Waals surface area contributed by atoms with Crippen LogP contribution in [0.25, 0.3) is 0 Å². The number of rotatable bonds is 7. The van der Waals surface area contributed by atoms with Crippen molar-refractivity contribution in [3.05, 3.63) is 12.7 Å². The van der Waals surface area contributed by atoms with Crippen molar-refractivity contribution in [3.63, 3.8) is 0 Å². The third kappa shape index (κ3) is 5.17. The smallest absolute Gasteiger partial charge is 0.223 e. The highest BCUT2D eigenvalue weighted by Crippen LogP contribution is 2.25. The Bertz CT molecular complexity index is 336. The van der Waals surface area contributed by atoms with Crippen LogP contribution in [0.4, 0.5) is 0 Å². The molecule has 0 bridgehead atoms. The molecule has 3 atom stereocenters. The summed E-state index contributed by atoms with van der Waals surface area (Å²) in [7, 11) is 0. The molecule has 0 aromatic rings. The summed E-state index contributed by atoms with van der Waals surface area (Å²) >= 11 is 0. The fourth-order valence-corrected chi connectivity index (χ4v) is 2.80. The Labute approximate surface area is 116 Å². The van der Waals surface area contributed by atoms with E-state index in [0.717, 1.165) is 19.3 Å². The van der Waals surface area contributed by atoms with Gasteiger partial charge in [-0.3, -0.25) is 9.59 Å². The number of Topliss-reactive ketones (excluding diaryl/α,β-unsaturated/α-hetero) is 1. The SMILES string of the molecule is C=C[C@H](C[C@@H]1CCCC1=O)NC(=O)[C@@H](C)CC(C)C. The Morgan fingerprint density at radius 3 is 2.63 bits per heavy atom. The molecule has 1 aliphatic carbocycles. The van der Waals surface area contributed by atoms with Crippen LogP contribution in [0.1, 0.15) is 52.9 Å². The highest BCUT2D eigenvalue weighted by molar-refractivity contribution is 5.83. The van der Waals surface area contributed by atoms with Gasteiger partial charge in [-0.2, -0.15) is 0 Å². The van der Waals surface area contributed by atoms with E-state index in [1.54, 1.807) is 6.08 Å². The van der Waals surface area contributed by atoms with Crippen molar-refractivity contribution < 1.29 is 9.59 Å². The molecule has 3 heteroatoms. The lowest BCUT2D eigenvalue weighted by atomic mass is 9.95. The fraction of sp³-hybridized carbons (Fsp3) is 0.750. The Hall–Kier alpha value is -1.12. The topological polar surface area (TPSA) is 46.2 Å². The summed E-state index contributed by atoms with van der Waals surface area (Å²) in [4.78, 5) is 23.7. The summed E-state index contributed by atoms with van der Waals surface area (Å²) in [5.41, 5.74) is 0. The molecule has 1 saturated carbocycles. The predicted octanol–water partition coefficient (Wildman–Crippen LogP) is 3.10. The fourth-order valence-electron chi connectivity index (χ4n) is 2.80. The van der Waals surface area contributed by atoms with E-state index in [9.17, 15) is 9.59 Å². The van der Waals surface area contributed by atoms with Crippen molar-refractivity contribution >= 4 is 11.7 Å². The molecule has 1 amide bonds. The highest BCUT2D eigenvalue weighted by Gasteiger charge is 2.27. The number of hydrogen-bond acceptors (Lipinski definition) is 2. The monoisotopic (exact) mass is 265 g/mol. The molecular weight excluding hydrogens is 238 g/mol. The molecule has 0 unspecified atom stereocenters. The number of nitrogens with one attached hydrogen (secondary N) is 1. The minimum atomic E-state index is -0.0748. The Kier molecular flexibility index (Phi) is 6.26. The van der Waals surface area contributed by atoms with Crippen molar-refractivity contribution in [1.82, 2.24) is 5.32 Å². The molecule has 3 nitrogen and oxygen atoms in total. The standard InChI is InChI=1S/C16H27NO2/c1-5-14(10-13-7-6-8-15(13)18)17-16(19)12(4)9-11(2)3/h5,11-14H,1,6-10H2,2-4H3,(H,17,19)/t12-,13-,14+/m0/s1. The van der Waals surface area contributed by atoms with Gasteiger partial charge in [0.25, 0.3) is 0 Å². The minimum absolute atomic E-state index is 0.0155. The van der Waals surface area contributed by atoms with Crippen LogP contribution in [-0.2, 0) is 9.59 Å². The maximum atomic E-state index is 12.1. The average molecular weight is 265 g/mol. The maximum Gasteiger partial charge on any atom is 0.223 e. The van der Waals surface area contributed by atoms with Gasteiger partial charge in [0.2, 0.25) is 5.91 Å². The lowest BCUT2D eigenvalue weighted by molar-refractivity contribution is -0.126. The van der Waals surface area contributed by atoms with Gasteiger partial charge in [0.05, 0.1) is 0 Å². The molecule has 1 rings (SSSR count). The third-order valence-electron chi connectivity index (χ3n) is 3.85. The van der Waals surface area contributed by atoms with Gasteiger partial charge in [-0.05, 0) is 31.6 Å². The third-order valence-corrected chi connectivity index (χ3v) is 3.85. The van der Waals surface area contributed by atoms with Gasteiger partial charge in [0.15, 0.2) is 0 Å². The number of carbonyl (C=O) groups is 2. The predicted molar refractivity (Wildman–Crippen MR) is 77.7 cm³/mol. The highest BCUT2D eigenvalue weighted by atomic mass is 16.2. The molecule has 19 heavy (non-hydrogen) atoms. The first-order chi connectivity index (χ1) is 8.93. The van der Waals surface area contributed by atoms with Crippen LogP contribution in [0.2, 0.25) is 0 Å². The first-order valence-electron chi connectivity index (χ1n) is 7.39. The Morgan fingerprint density at radius 2 is 2.16 bits per heavy atom. The molecule has 1 aliphatic rings. The molecule has 0 heterocycles. The van der Waals surface area contributed by atoms with Crippen LogP contribution < -0.4 is 5.32 Å². The van der Waals surface area contributed by atoms with Crippen molar-refractivity contribution in [2.24, 2.45) is 17.8 Å². The second-order valence-corrected chi connectivity index (χ2v) is 6.17. The lowest BCUT2D eigenvalue weighted by Gasteiger charge is -2.21. The van der Waals surface area contributed by atoms with Crippen LogP contribution >= 0.6 is 0 Å². The van der Waals surface area contributed by atoms with Crippen LogP contribution in [0.15, 0.2) is 12.7 Å². The van der Waals surface area contributed by atoms with Crippen molar-refractivity contribution in [3.8, 4) is 0 Å². The molecule has 0 aliphatic heterocycles. The van der Waals surface area contributed by atoms with E-state index < -0.39 is 0 Å². The maximum absolute atomic E-state index is 12.1. The zero-order valence-electron chi connectivity index (χ0n) is 12.4. The van der Waals surface area contributed by atoms with E-state index in [1.807, 2.05) is 6.92 Å². The van der Waals surface area contributed by atoms with Crippen LogP contribution in [0, 0.1) is 17.8 Å². The number of hydrogen-bond donors (Lipinski definition) is 1. The zero-order valence-corrected chi connectivity index (χ0v) is 12.4. The summed E-state index contributed by atoms with van der Waals surface area (Å²) in [6.07, 6.45) is 6.00. The Balaban J connectivity index is 2.45. The first kappa shape index (κ1) is 15.9.